The molecule has 3 heterocycles. The summed E-state index contributed by atoms with van der Waals surface area (Å²) in [6.07, 6.45) is 2.76. The van der Waals surface area contributed by atoms with E-state index in [1.807, 2.05) is 0 Å². The number of benzene rings is 1. The first-order valence-electron chi connectivity index (χ1n) is 7.23. The predicted octanol–water partition coefficient (Wildman–Crippen LogP) is 0.511. The Hall–Kier alpha value is -1.92. The number of fused-ring (bicyclic) bond motifs is 1. The van der Waals surface area contributed by atoms with E-state index in [1.54, 1.807) is 18.2 Å². The maximum absolute atomic E-state index is 13.9. The van der Waals surface area contributed by atoms with E-state index in [-0.39, 0.29) is 29.6 Å². The zero-order valence-electron chi connectivity index (χ0n) is 11.9. The largest absolute Gasteiger partial charge is 0.550 e. The number of halogens is 2. The maximum Gasteiger partial charge on any atom is 0.230 e. The van der Waals surface area contributed by atoms with Crippen molar-refractivity contribution >= 4 is 23.5 Å². The number of carboxylic acids is 1. The van der Waals surface area contributed by atoms with E-state index in [4.69, 9.17) is 16.3 Å². The van der Waals surface area contributed by atoms with Crippen LogP contribution in [-0.2, 0) is 20.9 Å². The van der Waals surface area contributed by atoms with Gasteiger partial charge in [0.25, 0.3) is 0 Å². The molecule has 4 rings (SSSR count). The lowest BCUT2D eigenvalue weighted by Gasteiger charge is -2.24. The number of carbonyl (C=O) groups excluding carboxylic acids is 2. The second kappa shape index (κ2) is 4.79. The van der Waals surface area contributed by atoms with Crippen LogP contribution in [0.4, 0.5) is 4.39 Å². The summed E-state index contributed by atoms with van der Waals surface area (Å²) >= 11 is 6.00. The van der Waals surface area contributed by atoms with Crippen LogP contribution in [0.1, 0.15) is 5.56 Å². The number of carbonyl (C=O) groups is 2. The van der Waals surface area contributed by atoms with Crippen LogP contribution < -0.4 is 5.11 Å². The van der Waals surface area contributed by atoms with E-state index in [1.165, 1.54) is 17.0 Å². The fourth-order valence-corrected chi connectivity index (χ4v) is 4.08. The van der Waals surface area contributed by atoms with Gasteiger partial charge in [0.1, 0.15) is 11.4 Å². The Morgan fingerprint density at radius 3 is 3.00 bits per heavy atom. The van der Waals surface area contributed by atoms with E-state index in [0.29, 0.717) is 0 Å². The summed E-state index contributed by atoms with van der Waals surface area (Å²) in [4.78, 5) is 25.4. The van der Waals surface area contributed by atoms with Crippen LogP contribution in [0, 0.1) is 17.7 Å². The standard InChI is InChI=1S/C16H13ClFNO4/c17-9-2-1-3-10(18)8(9)6-19-7-16-5-4-11(23-16)12(15(21)22)13(16)14(19)20/h1-5,11-13H,6-7H2,(H,21,22)/p-1/t11-,12-,13+,16-/m0/s1. The first-order chi connectivity index (χ1) is 10.9. The molecule has 23 heavy (non-hydrogen) atoms. The molecule has 2 saturated heterocycles. The van der Waals surface area contributed by atoms with Crippen molar-refractivity contribution in [1.29, 1.82) is 0 Å². The lowest BCUT2D eigenvalue weighted by molar-refractivity contribution is -0.313. The van der Waals surface area contributed by atoms with E-state index in [9.17, 15) is 19.1 Å². The first-order valence-corrected chi connectivity index (χ1v) is 7.60. The minimum absolute atomic E-state index is 0.0236. The summed E-state index contributed by atoms with van der Waals surface area (Å²) in [5.41, 5.74) is -0.744. The number of nitrogens with zero attached hydrogens (tertiary/aromatic N) is 1. The van der Waals surface area contributed by atoms with Gasteiger partial charge in [-0.2, -0.15) is 0 Å². The van der Waals surface area contributed by atoms with Gasteiger partial charge in [-0.05, 0) is 12.1 Å². The molecule has 3 aliphatic heterocycles. The lowest BCUT2D eigenvalue weighted by Crippen LogP contribution is -2.45. The van der Waals surface area contributed by atoms with Crippen molar-refractivity contribution in [3.8, 4) is 0 Å². The van der Waals surface area contributed by atoms with Crippen LogP contribution in [0.25, 0.3) is 0 Å². The van der Waals surface area contributed by atoms with Gasteiger partial charge in [0.15, 0.2) is 0 Å². The predicted molar refractivity (Wildman–Crippen MR) is 75.6 cm³/mol. The van der Waals surface area contributed by atoms with Gasteiger partial charge in [-0.1, -0.05) is 29.8 Å². The molecular weight excluding hydrogens is 325 g/mol. The van der Waals surface area contributed by atoms with Crippen molar-refractivity contribution in [1.82, 2.24) is 4.90 Å². The Balaban J connectivity index is 1.66. The van der Waals surface area contributed by atoms with Crippen molar-refractivity contribution in [3.05, 3.63) is 46.8 Å². The zero-order chi connectivity index (χ0) is 16.4. The number of likely N-dealkylation sites (tertiary alicyclic amines) is 1. The molecule has 1 amide bonds. The highest BCUT2D eigenvalue weighted by Crippen LogP contribution is 2.51. The van der Waals surface area contributed by atoms with Gasteiger partial charge < -0.3 is 19.5 Å². The Morgan fingerprint density at radius 1 is 1.52 bits per heavy atom. The van der Waals surface area contributed by atoms with Crippen LogP contribution >= 0.6 is 11.6 Å². The van der Waals surface area contributed by atoms with Gasteiger partial charge in [0.05, 0.1) is 25.1 Å². The Morgan fingerprint density at radius 2 is 2.30 bits per heavy atom. The van der Waals surface area contributed by atoms with Gasteiger partial charge in [-0.25, -0.2) is 4.39 Å². The van der Waals surface area contributed by atoms with Gasteiger partial charge in [0, 0.05) is 22.5 Å². The normalized spacial score (nSPS) is 34.3. The molecule has 5 nitrogen and oxygen atoms in total. The number of aliphatic carboxylic acids is 1. The van der Waals surface area contributed by atoms with Gasteiger partial charge in [-0.15, -0.1) is 0 Å². The lowest BCUT2D eigenvalue weighted by atomic mass is 9.77. The molecule has 7 heteroatoms. The van der Waals surface area contributed by atoms with E-state index >= 15 is 0 Å². The second-order valence-corrected chi connectivity index (χ2v) is 6.52. The minimum Gasteiger partial charge on any atom is -0.550 e. The van der Waals surface area contributed by atoms with Crippen LogP contribution in [0.3, 0.4) is 0 Å². The number of amides is 1. The minimum atomic E-state index is -1.30. The van der Waals surface area contributed by atoms with Crippen molar-refractivity contribution < 1.29 is 23.8 Å². The molecule has 0 N–H and O–H groups in total. The fraction of sp³-hybridized carbons (Fsp3) is 0.375. The Kier molecular flexibility index (Phi) is 3.05. The molecule has 0 saturated carbocycles. The van der Waals surface area contributed by atoms with Crippen molar-refractivity contribution in [2.24, 2.45) is 11.8 Å². The average Bonchev–Trinajstić information content (AvgIpc) is 3.12. The number of rotatable bonds is 3. The molecule has 0 unspecified atom stereocenters. The molecule has 2 fully saturated rings. The number of hydrogen-bond donors (Lipinski definition) is 0. The van der Waals surface area contributed by atoms with E-state index < -0.39 is 35.3 Å². The van der Waals surface area contributed by atoms with Crippen molar-refractivity contribution in [2.45, 2.75) is 18.2 Å². The zero-order valence-corrected chi connectivity index (χ0v) is 12.6. The Labute approximate surface area is 136 Å². The van der Waals surface area contributed by atoms with Gasteiger partial charge in [-0.3, -0.25) is 4.79 Å². The molecule has 1 aromatic carbocycles. The Bertz CT molecular complexity index is 731. The monoisotopic (exact) mass is 336 g/mol. The summed E-state index contributed by atoms with van der Waals surface area (Å²) in [7, 11) is 0. The molecule has 2 bridgehead atoms. The molecule has 3 aliphatic rings. The molecular formula is C16H12ClFNO4-. The van der Waals surface area contributed by atoms with Crippen molar-refractivity contribution in [3.63, 3.8) is 0 Å². The summed E-state index contributed by atoms with van der Waals surface area (Å²) in [5, 5.41) is 11.6. The highest BCUT2D eigenvalue weighted by atomic mass is 35.5. The van der Waals surface area contributed by atoms with Crippen LogP contribution in [0.15, 0.2) is 30.4 Å². The summed E-state index contributed by atoms with van der Waals surface area (Å²) in [6.45, 7) is 0.155. The smallest absolute Gasteiger partial charge is 0.230 e. The summed E-state index contributed by atoms with van der Waals surface area (Å²) in [6, 6.07) is 4.30. The van der Waals surface area contributed by atoms with Crippen LogP contribution in [0.5, 0.6) is 0 Å². The highest BCUT2D eigenvalue weighted by Gasteiger charge is 2.65. The highest BCUT2D eigenvalue weighted by molar-refractivity contribution is 6.31. The third-order valence-corrected chi connectivity index (χ3v) is 5.22. The number of carboxylic acid groups (broad SMARTS) is 1. The van der Waals surface area contributed by atoms with Gasteiger partial charge in [0.2, 0.25) is 5.91 Å². The second-order valence-electron chi connectivity index (χ2n) is 6.11. The molecule has 1 aromatic rings. The third kappa shape index (κ3) is 1.95. The molecule has 1 spiro atoms. The molecule has 120 valence electrons. The maximum atomic E-state index is 13.9. The molecule has 4 atom stereocenters. The molecule has 0 aliphatic carbocycles. The third-order valence-electron chi connectivity index (χ3n) is 4.86. The quantitative estimate of drug-likeness (QED) is 0.754. The summed E-state index contributed by atoms with van der Waals surface area (Å²) in [5.74, 6) is -4.01. The van der Waals surface area contributed by atoms with Crippen LogP contribution in [-0.4, -0.2) is 35.0 Å². The molecule has 0 radical (unpaired) electrons. The topological polar surface area (TPSA) is 69.7 Å². The molecule has 0 aromatic heterocycles. The van der Waals surface area contributed by atoms with Crippen LogP contribution in [0.2, 0.25) is 5.02 Å². The fourth-order valence-electron chi connectivity index (χ4n) is 3.86. The van der Waals surface area contributed by atoms with Gasteiger partial charge >= 0.3 is 0 Å². The first kappa shape index (κ1) is 14.7. The SMILES string of the molecule is O=C([O-])[C@H]1[C@@H]2C=C[C@@]3(CN(Cc4c(F)cccc4Cl)C(=O)[C@@H]13)O2. The van der Waals surface area contributed by atoms with E-state index in [2.05, 4.69) is 0 Å². The van der Waals surface area contributed by atoms with Crippen molar-refractivity contribution in [2.75, 3.05) is 6.54 Å². The average molecular weight is 337 g/mol. The van der Waals surface area contributed by atoms with E-state index in [0.717, 1.165) is 0 Å². The summed E-state index contributed by atoms with van der Waals surface area (Å²) < 4.78 is 19.7. The number of ether oxygens (including phenoxy) is 1. The number of hydrogen-bond acceptors (Lipinski definition) is 4.